The van der Waals surface area contributed by atoms with Crippen molar-refractivity contribution in [3.63, 3.8) is 0 Å². The minimum atomic E-state index is -3.24. The van der Waals surface area contributed by atoms with Crippen molar-refractivity contribution in [1.29, 1.82) is 0 Å². The van der Waals surface area contributed by atoms with Gasteiger partial charge in [0, 0.05) is 19.0 Å². The van der Waals surface area contributed by atoms with Crippen molar-refractivity contribution in [2.24, 2.45) is 0 Å². The first kappa shape index (κ1) is 16.4. The Morgan fingerprint density at radius 1 is 1.21 bits per heavy atom. The molecule has 0 unspecified atom stereocenters. The lowest BCUT2D eigenvalue weighted by Gasteiger charge is -2.14. The molecule has 0 saturated heterocycles. The third kappa shape index (κ3) is 6.38. The van der Waals surface area contributed by atoms with Crippen LogP contribution in [-0.4, -0.2) is 39.0 Å². The molecule has 0 saturated carbocycles. The number of rotatable bonds is 8. The van der Waals surface area contributed by atoms with E-state index in [1.165, 1.54) is 0 Å². The number of hydrogen-bond donors (Lipinski definition) is 1. The molecule has 0 atom stereocenters. The Kier molecular flexibility index (Phi) is 6.79. The van der Waals surface area contributed by atoms with Gasteiger partial charge in [0.25, 0.3) is 0 Å². The monoisotopic (exact) mass is 304 g/mol. The normalized spacial score (nSPS) is 12.0. The van der Waals surface area contributed by atoms with Crippen LogP contribution in [-0.2, 0) is 23.1 Å². The summed E-state index contributed by atoms with van der Waals surface area (Å²) in [6.07, 6.45) is 0.468. The topological polar surface area (TPSA) is 49.4 Å². The van der Waals surface area contributed by atoms with Gasteiger partial charge in [-0.15, -0.1) is 11.6 Å². The molecule has 0 aromatic heterocycles. The molecule has 108 valence electrons. The smallest absolute Gasteiger partial charge is 0.211 e. The standard InChI is InChI=1S/C13H21ClN2O2S/c1-16(2)11-13-7-4-3-6-12(13)10-15-19(17,18)9-5-8-14/h3-4,6-7,15H,5,8-11H2,1-2H3. The Balaban J connectivity index is 2.67. The summed E-state index contributed by atoms with van der Waals surface area (Å²) in [4.78, 5) is 2.06. The zero-order valence-corrected chi connectivity index (χ0v) is 13.0. The summed E-state index contributed by atoms with van der Waals surface area (Å²) in [5, 5.41) is 0. The van der Waals surface area contributed by atoms with Crippen molar-refractivity contribution in [3.8, 4) is 0 Å². The van der Waals surface area contributed by atoms with Crippen LogP contribution < -0.4 is 4.72 Å². The molecule has 1 aromatic carbocycles. The zero-order valence-electron chi connectivity index (χ0n) is 11.4. The summed E-state index contributed by atoms with van der Waals surface area (Å²) in [5.41, 5.74) is 2.14. The average Bonchev–Trinajstić information content (AvgIpc) is 2.35. The van der Waals surface area contributed by atoms with Crippen LogP contribution in [0.25, 0.3) is 0 Å². The summed E-state index contributed by atoms with van der Waals surface area (Å²) in [6.45, 7) is 1.12. The molecule has 0 aliphatic carbocycles. The van der Waals surface area contributed by atoms with Crippen molar-refractivity contribution in [3.05, 3.63) is 35.4 Å². The lowest BCUT2D eigenvalue weighted by molar-refractivity contribution is 0.400. The van der Waals surface area contributed by atoms with Gasteiger partial charge < -0.3 is 4.90 Å². The van der Waals surface area contributed by atoms with Gasteiger partial charge in [-0.05, 0) is 31.6 Å². The maximum atomic E-state index is 11.7. The van der Waals surface area contributed by atoms with Crippen molar-refractivity contribution in [2.45, 2.75) is 19.5 Å². The Labute approximate surface area is 120 Å². The highest BCUT2D eigenvalue weighted by Crippen LogP contribution is 2.10. The number of sulfonamides is 1. The van der Waals surface area contributed by atoms with Crippen LogP contribution in [0, 0.1) is 0 Å². The van der Waals surface area contributed by atoms with E-state index in [2.05, 4.69) is 9.62 Å². The fourth-order valence-corrected chi connectivity index (χ4v) is 3.07. The minimum Gasteiger partial charge on any atom is -0.305 e. The number of alkyl halides is 1. The minimum absolute atomic E-state index is 0.0757. The second-order valence-electron chi connectivity index (χ2n) is 4.69. The van der Waals surface area contributed by atoms with Crippen molar-refractivity contribution >= 4 is 21.6 Å². The van der Waals surface area contributed by atoms with Crippen LogP contribution >= 0.6 is 11.6 Å². The van der Waals surface area contributed by atoms with E-state index in [0.29, 0.717) is 18.8 Å². The number of benzene rings is 1. The van der Waals surface area contributed by atoms with Crippen LogP contribution in [0.4, 0.5) is 0 Å². The molecule has 1 aromatic rings. The van der Waals surface area contributed by atoms with Crippen molar-refractivity contribution < 1.29 is 8.42 Å². The molecule has 19 heavy (non-hydrogen) atoms. The summed E-state index contributed by atoms with van der Waals surface area (Å²) in [5.74, 6) is 0.435. The lowest BCUT2D eigenvalue weighted by Crippen LogP contribution is -2.27. The molecule has 0 aliphatic rings. The van der Waals surface area contributed by atoms with Crippen LogP contribution in [0.5, 0.6) is 0 Å². The number of halogens is 1. The van der Waals surface area contributed by atoms with E-state index in [9.17, 15) is 8.42 Å². The molecule has 6 heteroatoms. The third-order valence-electron chi connectivity index (χ3n) is 2.63. The quantitative estimate of drug-likeness (QED) is 0.745. The molecule has 0 amide bonds. The van der Waals surface area contributed by atoms with Gasteiger partial charge >= 0.3 is 0 Å². The van der Waals surface area contributed by atoms with E-state index in [-0.39, 0.29) is 5.75 Å². The van der Waals surface area contributed by atoms with E-state index >= 15 is 0 Å². The lowest BCUT2D eigenvalue weighted by atomic mass is 10.1. The third-order valence-corrected chi connectivity index (χ3v) is 4.31. The molecule has 4 nitrogen and oxygen atoms in total. The van der Waals surface area contributed by atoms with Gasteiger partial charge in [-0.25, -0.2) is 13.1 Å². The maximum Gasteiger partial charge on any atom is 0.211 e. The maximum absolute atomic E-state index is 11.7. The van der Waals surface area contributed by atoms with E-state index in [1.807, 2.05) is 38.4 Å². The molecule has 0 bridgehead atoms. The van der Waals surface area contributed by atoms with Gasteiger partial charge in [-0.1, -0.05) is 24.3 Å². The number of nitrogens with zero attached hydrogens (tertiary/aromatic N) is 1. The fraction of sp³-hybridized carbons (Fsp3) is 0.538. The van der Waals surface area contributed by atoms with E-state index in [4.69, 9.17) is 11.6 Å². The first-order valence-electron chi connectivity index (χ1n) is 6.19. The Bertz CT molecular complexity index is 489. The predicted octanol–water partition coefficient (Wildman–Crippen LogP) is 1.80. The SMILES string of the molecule is CN(C)Cc1ccccc1CNS(=O)(=O)CCCCl. The van der Waals surface area contributed by atoms with Crippen LogP contribution in [0.2, 0.25) is 0 Å². The molecule has 1 N–H and O–H groups in total. The summed E-state index contributed by atoms with van der Waals surface area (Å²) in [7, 11) is 0.740. The second-order valence-corrected chi connectivity index (χ2v) is 6.99. The highest BCUT2D eigenvalue weighted by molar-refractivity contribution is 7.89. The van der Waals surface area contributed by atoms with Gasteiger partial charge in [-0.2, -0.15) is 0 Å². The highest BCUT2D eigenvalue weighted by Gasteiger charge is 2.10. The van der Waals surface area contributed by atoms with E-state index in [0.717, 1.165) is 17.7 Å². The first-order chi connectivity index (χ1) is 8.94. The predicted molar refractivity (Wildman–Crippen MR) is 79.8 cm³/mol. The van der Waals surface area contributed by atoms with Crippen LogP contribution in [0.1, 0.15) is 17.5 Å². The van der Waals surface area contributed by atoms with Crippen LogP contribution in [0.3, 0.4) is 0 Å². The van der Waals surface area contributed by atoms with E-state index in [1.54, 1.807) is 0 Å². The molecular weight excluding hydrogens is 284 g/mol. The summed E-state index contributed by atoms with van der Waals surface area (Å²) in [6, 6.07) is 7.84. The Morgan fingerprint density at radius 3 is 2.42 bits per heavy atom. The first-order valence-corrected chi connectivity index (χ1v) is 8.38. The largest absolute Gasteiger partial charge is 0.305 e. The summed E-state index contributed by atoms with van der Waals surface area (Å²) < 4.78 is 26.1. The Morgan fingerprint density at radius 2 is 1.84 bits per heavy atom. The van der Waals surface area contributed by atoms with Crippen molar-refractivity contribution in [1.82, 2.24) is 9.62 Å². The number of hydrogen-bond acceptors (Lipinski definition) is 3. The summed E-state index contributed by atoms with van der Waals surface area (Å²) >= 11 is 5.51. The molecule has 0 fully saturated rings. The van der Waals surface area contributed by atoms with Crippen molar-refractivity contribution in [2.75, 3.05) is 25.7 Å². The van der Waals surface area contributed by atoms with E-state index < -0.39 is 10.0 Å². The molecular formula is C13H21ClN2O2S. The molecule has 0 radical (unpaired) electrons. The van der Waals surface area contributed by atoms with Gasteiger partial charge in [-0.3, -0.25) is 0 Å². The van der Waals surface area contributed by atoms with Crippen LogP contribution in [0.15, 0.2) is 24.3 Å². The molecule has 0 spiro atoms. The number of nitrogens with one attached hydrogen (secondary N) is 1. The van der Waals surface area contributed by atoms with Gasteiger partial charge in [0.15, 0.2) is 0 Å². The Hall–Kier alpha value is -0.620. The molecule has 0 aliphatic heterocycles. The van der Waals surface area contributed by atoms with Gasteiger partial charge in [0.1, 0.15) is 0 Å². The highest BCUT2D eigenvalue weighted by atomic mass is 35.5. The second kappa shape index (κ2) is 7.85. The zero-order chi connectivity index (χ0) is 14.3. The fourth-order valence-electron chi connectivity index (χ4n) is 1.73. The average molecular weight is 305 g/mol. The molecule has 0 heterocycles. The van der Waals surface area contributed by atoms with Gasteiger partial charge in [0.2, 0.25) is 10.0 Å². The molecule has 1 rings (SSSR count). The van der Waals surface area contributed by atoms with Gasteiger partial charge in [0.05, 0.1) is 5.75 Å².